The molecule has 1 aromatic heterocycles. The zero-order chi connectivity index (χ0) is 22.4. The average Bonchev–Trinajstić information content (AvgIpc) is 3.14. The highest BCUT2D eigenvalue weighted by molar-refractivity contribution is 7.99. The Morgan fingerprint density at radius 2 is 1.77 bits per heavy atom. The molecule has 0 fully saturated rings. The molecule has 0 aliphatic carbocycles. The van der Waals surface area contributed by atoms with Crippen LogP contribution in [0.15, 0.2) is 62.7 Å². The Labute approximate surface area is 190 Å². The Kier molecular flexibility index (Phi) is 7.74. The Balaban J connectivity index is 1.52. The molecule has 3 rings (SSSR count). The molecule has 10 heteroatoms. The van der Waals surface area contributed by atoms with E-state index in [2.05, 4.69) is 29.4 Å². The van der Waals surface area contributed by atoms with E-state index in [4.69, 9.17) is 16.0 Å². The third kappa shape index (κ3) is 7.09. The fraction of sp³-hybridized carbons (Fsp3) is 0.286. The minimum atomic E-state index is -3.60. The van der Waals surface area contributed by atoms with Gasteiger partial charge in [-0.15, -0.1) is 16.9 Å². The summed E-state index contributed by atoms with van der Waals surface area (Å²) in [4.78, 5) is 13.4. The van der Waals surface area contributed by atoms with Crippen molar-refractivity contribution in [2.75, 3.05) is 11.1 Å². The standard InChI is InChI=1S/C21H22ClN3O4S2/c1-14(2)30-17-7-3-15(4-8-17)13-20-24-25-21(29-20)23-19(26)11-12-31(27,28)18-9-5-16(22)6-10-18/h3-10,14H,11-13H2,1-2H3,(H,23,25,26). The zero-order valence-electron chi connectivity index (χ0n) is 17.0. The molecule has 0 unspecified atom stereocenters. The highest BCUT2D eigenvalue weighted by Crippen LogP contribution is 2.23. The minimum absolute atomic E-state index is 0.0594. The summed E-state index contributed by atoms with van der Waals surface area (Å²) in [6.07, 6.45) is 0.193. The SMILES string of the molecule is CC(C)Sc1ccc(Cc2nnc(NC(=O)CCS(=O)(=O)c3ccc(Cl)cc3)o2)cc1. The van der Waals surface area contributed by atoms with Crippen LogP contribution in [0.2, 0.25) is 5.02 Å². The number of aromatic nitrogens is 2. The van der Waals surface area contributed by atoms with Crippen LogP contribution in [0.4, 0.5) is 6.01 Å². The summed E-state index contributed by atoms with van der Waals surface area (Å²) in [6, 6.07) is 13.8. The largest absolute Gasteiger partial charge is 0.407 e. The molecule has 31 heavy (non-hydrogen) atoms. The number of sulfone groups is 1. The molecule has 1 amide bonds. The average molecular weight is 480 g/mol. The van der Waals surface area contributed by atoms with Gasteiger partial charge >= 0.3 is 6.01 Å². The van der Waals surface area contributed by atoms with Crippen molar-refractivity contribution in [3.63, 3.8) is 0 Å². The predicted octanol–water partition coefficient (Wildman–Crippen LogP) is 4.62. The second-order valence-corrected chi connectivity index (χ2v) is 11.3. The van der Waals surface area contributed by atoms with Crippen LogP contribution >= 0.6 is 23.4 Å². The number of rotatable bonds is 9. The molecule has 0 spiro atoms. The highest BCUT2D eigenvalue weighted by atomic mass is 35.5. The number of amides is 1. The summed E-state index contributed by atoms with van der Waals surface area (Å²) in [6.45, 7) is 4.28. The van der Waals surface area contributed by atoms with Gasteiger partial charge in [0.15, 0.2) is 9.84 Å². The van der Waals surface area contributed by atoms with Crippen molar-refractivity contribution in [3.8, 4) is 0 Å². The van der Waals surface area contributed by atoms with Crippen LogP contribution in [0, 0.1) is 0 Å². The number of nitrogens with zero attached hydrogens (tertiary/aromatic N) is 2. The van der Waals surface area contributed by atoms with Crippen molar-refractivity contribution in [2.24, 2.45) is 0 Å². The first kappa shape index (κ1) is 23.3. The van der Waals surface area contributed by atoms with Crippen molar-refractivity contribution < 1.29 is 17.6 Å². The fourth-order valence-electron chi connectivity index (χ4n) is 2.68. The van der Waals surface area contributed by atoms with Crippen molar-refractivity contribution >= 4 is 45.1 Å². The van der Waals surface area contributed by atoms with Crippen LogP contribution < -0.4 is 5.32 Å². The lowest BCUT2D eigenvalue weighted by molar-refractivity contribution is -0.116. The van der Waals surface area contributed by atoms with Crippen LogP contribution in [0.1, 0.15) is 31.7 Å². The molecule has 3 aromatic rings. The van der Waals surface area contributed by atoms with E-state index in [9.17, 15) is 13.2 Å². The predicted molar refractivity (Wildman–Crippen MR) is 121 cm³/mol. The number of anilines is 1. The van der Waals surface area contributed by atoms with Gasteiger partial charge in [0, 0.05) is 21.6 Å². The fourth-order valence-corrected chi connectivity index (χ4v) is 4.88. The number of carbonyl (C=O) groups is 1. The Morgan fingerprint density at radius 3 is 2.42 bits per heavy atom. The molecular formula is C21H22ClN3O4S2. The van der Waals surface area contributed by atoms with Gasteiger partial charge < -0.3 is 4.42 Å². The van der Waals surface area contributed by atoms with Gasteiger partial charge in [-0.1, -0.05) is 42.7 Å². The normalized spacial score (nSPS) is 11.6. The van der Waals surface area contributed by atoms with Gasteiger partial charge in [-0.3, -0.25) is 10.1 Å². The molecule has 0 bridgehead atoms. The molecule has 2 aromatic carbocycles. The third-order valence-electron chi connectivity index (χ3n) is 4.13. The van der Waals surface area contributed by atoms with E-state index in [1.807, 2.05) is 24.3 Å². The Hall–Kier alpha value is -2.36. The topological polar surface area (TPSA) is 102 Å². The van der Waals surface area contributed by atoms with Crippen LogP contribution in [-0.4, -0.2) is 35.5 Å². The number of nitrogens with one attached hydrogen (secondary N) is 1. The van der Waals surface area contributed by atoms with Crippen molar-refractivity contribution in [2.45, 2.75) is 41.7 Å². The second-order valence-electron chi connectivity index (χ2n) is 7.06. The van der Waals surface area contributed by atoms with E-state index in [0.29, 0.717) is 22.6 Å². The van der Waals surface area contributed by atoms with E-state index in [1.165, 1.54) is 29.2 Å². The lowest BCUT2D eigenvalue weighted by Gasteiger charge is -2.05. The van der Waals surface area contributed by atoms with Gasteiger partial charge in [-0.2, -0.15) is 0 Å². The molecular weight excluding hydrogens is 458 g/mol. The first-order valence-corrected chi connectivity index (χ1v) is 12.5. The van der Waals surface area contributed by atoms with Crippen LogP contribution in [0.5, 0.6) is 0 Å². The minimum Gasteiger partial charge on any atom is -0.407 e. The lowest BCUT2D eigenvalue weighted by Crippen LogP contribution is -2.17. The molecule has 0 saturated carbocycles. The molecule has 0 aliphatic heterocycles. The van der Waals surface area contributed by atoms with E-state index >= 15 is 0 Å². The van der Waals surface area contributed by atoms with Crippen LogP contribution in [-0.2, 0) is 21.1 Å². The van der Waals surface area contributed by atoms with E-state index in [1.54, 1.807) is 11.8 Å². The smallest absolute Gasteiger partial charge is 0.322 e. The molecule has 164 valence electrons. The number of hydrogen-bond donors (Lipinski definition) is 1. The number of hydrogen-bond acceptors (Lipinski definition) is 7. The molecule has 7 nitrogen and oxygen atoms in total. The Bertz CT molecular complexity index is 1130. The highest BCUT2D eigenvalue weighted by Gasteiger charge is 2.18. The van der Waals surface area contributed by atoms with Gasteiger partial charge in [-0.25, -0.2) is 8.42 Å². The van der Waals surface area contributed by atoms with Gasteiger partial charge in [0.25, 0.3) is 0 Å². The van der Waals surface area contributed by atoms with Gasteiger partial charge in [0.2, 0.25) is 11.8 Å². The molecule has 0 atom stereocenters. The number of thioether (sulfide) groups is 1. The number of benzene rings is 2. The molecule has 0 aliphatic rings. The summed E-state index contributed by atoms with van der Waals surface area (Å²) < 4.78 is 30.1. The van der Waals surface area contributed by atoms with E-state index in [-0.39, 0.29) is 23.1 Å². The van der Waals surface area contributed by atoms with Gasteiger partial charge in [-0.05, 0) is 42.0 Å². The lowest BCUT2D eigenvalue weighted by atomic mass is 10.1. The monoisotopic (exact) mass is 479 g/mol. The number of halogens is 1. The first-order valence-electron chi connectivity index (χ1n) is 9.57. The summed E-state index contributed by atoms with van der Waals surface area (Å²) in [5.74, 6) is -0.515. The van der Waals surface area contributed by atoms with E-state index in [0.717, 1.165) is 5.56 Å². The Morgan fingerprint density at radius 1 is 1.10 bits per heavy atom. The zero-order valence-corrected chi connectivity index (χ0v) is 19.4. The summed E-state index contributed by atoms with van der Waals surface area (Å²) in [7, 11) is -3.60. The van der Waals surface area contributed by atoms with Gasteiger partial charge in [0.05, 0.1) is 17.1 Å². The van der Waals surface area contributed by atoms with Crippen molar-refractivity contribution in [3.05, 3.63) is 65.0 Å². The van der Waals surface area contributed by atoms with Crippen LogP contribution in [0.25, 0.3) is 0 Å². The third-order valence-corrected chi connectivity index (χ3v) is 7.13. The molecule has 0 saturated heterocycles. The quantitative estimate of drug-likeness (QED) is 0.447. The van der Waals surface area contributed by atoms with Crippen LogP contribution in [0.3, 0.4) is 0 Å². The molecule has 1 heterocycles. The maximum absolute atomic E-state index is 12.3. The summed E-state index contributed by atoms with van der Waals surface area (Å²) in [5.41, 5.74) is 1.00. The summed E-state index contributed by atoms with van der Waals surface area (Å²) >= 11 is 7.56. The summed E-state index contributed by atoms with van der Waals surface area (Å²) in [5, 5.41) is 11.1. The van der Waals surface area contributed by atoms with Crippen molar-refractivity contribution in [1.29, 1.82) is 0 Å². The van der Waals surface area contributed by atoms with Gasteiger partial charge in [0.1, 0.15) is 0 Å². The van der Waals surface area contributed by atoms with Crippen molar-refractivity contribution in [1.82, 2.24) is 10.2 Å². The van der Waals surface area contributed by atoms with E-state index < -0.39 is 15.7 Å². The molecule has 0 radical (unpaired) electrons. The number of carbonyl (C=O) groups excluding carboxylic acids is 1. The first-order chi connectivity index (χ1) is 14.7. The second kappa shape index (κ2) is 10.3. The molecule has 1 N–H and O–H groups in total. The maximum Gasteiger partial charge on any atom is 0.322 e. The maximum atomic E-state index is 12.3.